The second kappa shape index (κ2) is 5.52. The van der Waals surface area contributed by atoms with Gasteiger partial charge in [0.05, 0.1) is 5.39 Å². The third-order valence-corrected chi connectivity index (χ3v) is 3.24. The molecule has 2 aromatic heterocycles. The molecular formula is C13H18N4OS. The van der Waals surface area contributed by atoms with Crippen LogP contribution in [0.5, 0.6) is 0 Å². The van der Waals surface area contributed by atoms with Gasteiger partial charge in [-0.2, -0.15) is 0 Å². The monoisotopic (exact) mass is 278 g/mol. The van der Waals surface area contributed by atoms with Crippen LogP contribution >= 0.6 is 11.3 Å². The summed E-state index contributed by atoms with van der Waals surface area (Å²) in [6.07, 6.45) is 1.96. The average Bonchev–Trinajstić information content (AvgIpc) is 2.75. The Kier molecular flexibility index (Phi) is 3.99. The number of carbonyl (C=O) groups is 1. The molecule has 102 valence electrons. The van der Waals surface area contributed by atoms with Crippen LogP contribution in [0.3, 0.4) is 0 Å². The highest BCUT2D eigenvalue weighted by atomic mass is 32.1. The molecule has 0 aliphatic heterocycles. The van der Waals surface area contributed by atoms with Crippen LogP contribution in [0, 0.1) is 0 Å². The molecule has 2 aromatic rings. The molecule has 0 spiro atoms. The standard InChI is InChI=1S/C13H18N4OS/c1-13(2,3)17-10(18)4-6-14-11-9-5-7-19-12(9)16-8-15-11/h5,7-8H,4,6H2,1-3H3,(H,17,18)(H,14,15,16). The number of thiophene rings is 1. The topological polar surface area (TPSA) is 66.9 Å². The molecule has 0 aliphatic carbocycles. The van der Waals surface area contributed by atoms with Gasteiger partial charge < -0.3 is 10.6 Å². The van der Waals surface area contributed by atoms with Crippen molar-refractivity contribution in [1.82, 2.24) is 15.3 Å². The highest BCUT2D eigenvalue weighted by Crippen LogP contribution is 2.23. The largest absolute Gasteiger partial charge is 0.369 e. The Balaban J connectivity index is 1.89. The molecule has 19 heavy (non-hydrogen) atoms. The zero-order valence-electron chi connectivity index (χ0n) is 11.4. The van der Waals surface area contributed by atoms with Crippen LogP contribution in [-0.4, -0.2) is 28.0 Å². The van der Waals surface area contributed by atoms with Crippen molar-refractivity contribution >= 4 is 33.3 Å². The van der Waals surface area contributed by atoms with Gasteiger partial charge in [-0.1, -0.05) is 0 Å². The minimum absolute atomic E-state index is 0.0376. The third-order valence-electron chi connectivity index (χ3n) is 2.42. The van der Waals surface area contributed by atoms with Crippen molar-refractivity contribution in [2.75, 3.05) is 11.9 Å². The van der Waals surface area contributed by atoms with Crippen LogP contribution in [-0.2, 0) is 4.79 Å². The lowest BCUT2D eigenvalue weighted by molar-refractivity contribution is -0.122. The maximum Gasteiger partial charge on any atom is 0.222 e. The zero-order valence-corrected chi connectivity index (χ0v) is 12.2. The summed E-state index contributed by atoms with van der Waals surface area (Å²) in [7, 11) is 0. The number of nitrogens with zero attached hydrogens (tertiary/aromatic N) is 2. The normalized spacial score (nSPS) is 11.5. The van der Waals surface area contributed by atoms with E-state index in [1.165, 1.54) is 6.33 Å². The maximum absolute atomic E-state index is 11.7. The Hall–Kier alpha value is -1.69. The Morgan fingerprint density at radius 1 is 1.37 bits per heavy atom. The fourth-order valence-corrected chi connectivity index (χ4v) is 2.44. The summed E-state index contributed by atoms with van der Waals surface area (Å²) >= 11 is 1.58. The molecule has 0 bridgehead atoms. The summed E-state index contributed by atoms with van der Waals surface area (Å²) in [5.74, 6) is 0.824. The predicted molar refractivity (Wildman–Crippen MR) is 78.4 cm³/mol. The summed E-state index contributed by atoms with van der Waals surface area (Å²) in [5, 5.41) is 9.10. The second-order valence-electron chi connectivity index (χ2n) is 5.34. The molecule has 2 heterocycles. The first-order valence-corrected chi connectivity index (χ1v) is 7.07. The summed E-state index contributed by atoms with van der Waals surface area (Å²) in [6.45, 7) is 6.47. The number of aromatic nitrogens is 2. The molecule has 5 nitrogen and oxygen atoms in total. The first kappa shape index (κ1) is 13.7. The lowest BCUT2D eigenvalue weighted by atomic mass is 10.1. The van der Waals surface area contributed by atoms with E-state index in [0.29, 0.717) is 13.0 Å². The zero-order chi connectivity index (χ0) is 13.9. The smallest absolute Gasteiger partial charge is 0.222 e. The van der Waals surface area contributed by atoms with Crippen molar-refractivity contribution in [3.05, 3.63) is 17.8 Å². The van der Waals surface area contributed by atoms with E-state index in [2.05, 4.69) is 20.6 Å². The quantitative estimate of drug-likeness (QED) is 0.901. The molecule has 2 rings (SSSR count). The first-order valence-electron chi connectivity index (χ1n) is 6.19. The number of anilines is 1. The van der Waals surface area contributed by atoms with Gasteiger partial charge in [0.2, 0.25) is 5.91 Å². The van der Waals surface area contributed by atoms with Gasteiger partial charge in [-0.3, -0.25) is 4.79 Å². The van der Waals surface area contributed by atoms with Gasteiger partial charge in [0.1, 0.15) is 17.0 Å². The van der Waals surface area contributed by atoms with Crippen LogP contribution in [0.2, 0.25) is 0 Å². The van der Waals surface area contributed by atoms with Gasteiger partial charge in [-0.15, -0.1) is 11.3 Å². The predicted octanol–water partition coefficient (Wildman–Crippen LogP) is 2.41. The summed E-state index contributed by atoms with van der Waals surface area (Å²) in [5.41, 5.74) is -0.188. The van der Waals surface area contributed by atoms with E-state index in [0.717, 1.165) is 16.0 Å². The van der Waals surface area contributed by atoms with Crippen LogP contribution in [0.1, 0.15) is 27.2 Å². The number of carbonyl (C=O) groups excluding carboxylic acids is 1. The maximum atomic E-state index is 11.7. The Bertz CT molecular complexity index is 573. The molecule has 0 unspecified atom stereocenters. The Morgan fingerprint density at radius 3 is 2.89 bits per heavy atom. The lowest BCUT2D eigenvalue weighted by Crippen LogP contribution is -2.41. The molecule has 6 heteroatoms. The fraction of sp³-hybridized carbons (Fsp3) is 0.462. The summed E-state index contributed by atoms with van der Waals surface area (Å²) < 4.78 is 0. The van der Waals surface area contributed by atoms with Gasteiger partial charge in [0, 0.05) is 18.5 Å². The third kappa shape index (κ3) is 3.89. The molecule has 0 saturated carbocycles. The minimum atomic E-state index is -0.188. The number of amides is 1. The van der Waals surface area contributed by atoms with Gasteiger partial charge in [0.25, 0.3) is 0 Å². The van der Waals surface area contributed by atoms with Gasteiger partial charge >= 0.3 is 0 Å². The van der Waals surface area contributed by atoms with E-state index in [-0.39, 0.29) is 11.4 Å². The number of hydrogen-bond donors (Lipinski definition) is 2. The van der Waals surface area contributed by atoms with E-state index in [9.17, 15) is 4.79 Å². The Morgan fingerprint density at radius 2 is 2.16 bits per heavy atom. The SMILES string of the molecule is CC(C)(C)NC(=O)CCNc1ncnc2sccc12. The van der Waals surface area contributed by atoms with Crippen molar-refractivity contribution in [3.8, 4) is 0 Å². The van der Waals surface area contributed by atoms with Crippen LogP contribution in [0.25, 0.3) is 10.2 Å². The van der Waals surface area contributed by atoms with Crippen LogP contribution in [0.4, 0.5) is 5.82 Å². The van der Waals surface area contributed by atoms with E-state index in [1.807, 2.05) is 32.2 Å². The fourth-order valence-electron chi connectivity index (χ4n) is 1.71. The summed E-state index contributed by atoms with van der Waals surface area (Å²) in [4.78, 5) is 21.0. The van der Waals surface area contributed by atoms with Crippen molar-refractivity contribution < 1.29 is 4.79 Å². The highest BCUT2D eigenvalue weighted by Gasteiger charge is 2.13. The second-order valence-corrected chi connectivity index (χ2v) is 6.23. The molecule has 2 N–H and O–H groups in total. The van der Waals surface area contributed by atoms with Crippen LogP contribution < -0.4 is 10.6 Å². The highest BCUT2D eigenvalue weighted by molar-refractivity contribution is 7.16. The van der Waals surface area contributed by atoms with Crippen molar-refractivity contribution in [3.63, 3.8) is 0 Å². The van der Waals surface area contributed by atoms with E-state index < -0.39 is 0 Å². The van der Waals surface area contributed by atoms with E-state index >= 15 is 0 Å². The van der Waals surface area contributed by atoms with E-state index in [4.69, 9.17) is 0 Å². The van der Waals surface area contributed by atoms with Gasteiger partial charge in [-0.05, 0) is 32.2 Å². The van der Waals surface area contributed by atoms with E-state index in [1.54, 1.807) is 11.3 Å². The molecular weight excluding hydrogens is 260 g/mol. The average molecular weight is 278 g/mol. The van der Waals surface area contributed by atoms with Crippen LogP contribution in [0.15, 0.2) is 17.8 Å². The number of nitrogens with one attached hydrogen (secondary N) is 2. The molecule has 0 saturated heterocycles. The lowest BCUT2D eigenvalue weighted by Gasteiger charge is -2.20. The minimum Gasteiger partial charge on any atom is -0.369 e. The molecule has 0 atom stereocenters. The number of hydrogen-bond acceptors (Lipinski definition) is 5. The molecule has 1 amide bonds. The number of fused-ring (bicyclic) bond motifs is 1. The van der Waals surface area contributed by atoms with Crippen molar-refractivity contribution in [2.24, 2.45) is 0 Å². The molecule has 0 radical (unpaired) electrons. The van der Waals surface area contributed by atoms with Gasteiger partial charge in [-0.25, -0.2) is 9.97 Å². The van der Waals surface area contributed by atoms with Crippen molar-refractivity contribution in [1.29, 1.82) is 0 Å². The summed E-state index contributed by atoms with van der Waals surface area (Å²) in [6, 6.07) is 1.98. The van der Waals surface area contributed by atoms with Gasteiger partial charge in [0.15, 0.2) is 0 Å². The first-order chi connectivity index (χ1) is 8.96. The molecule has 0 fully saturated rings. The van der Waals surface area contributed by atoms with Crippen molar-refractivity contribution in [2.45, 2.75) is 32.7 Å². The number of rotatable bonds is 4. The Labute approximate surface area is 116 Å². The molecule has 0 aromatic carbocycles. The molecule has 0 aliphatic rings.